The molecule has 0 aromatic carbocycles. The SMILES string of the molecule is CN(CCCCCO)c1ncncc1N. The zero-order chi connectivity index (χ0) is 11.1. The third-order valence-corrected chi connectivity index (χ3v) is 2.23. The van der Waals surface area contributed by atoms with Crippen molar-refractivity contribution in [2.45, 2.75) is 19.3 Å². The molecule has 0 radical (unpaired) electrons. The molecule has 0 aliphatic carbocycles. The highest BCUT2D eigenvalue weighted by Gasteiger charge is 2.05. The first-order valence-electron chi connectivity index (χ1n) is 5.13. The van der Waals surface area contributed by atoms with Crippen molar-refractivity contribution >= 4 is 11.5 Å². The molecule has 0 saturated carbocycles. The first-order chi connectivity index (χ1) is 7.25. The van der Waals surface area contributed by atoms with Gasteiger partial charge in [-0.2, -0.15) is 0 Å². The third kappa shape index (κ3) is 3.71. The molecule has 0 atom stereocenters. The molecule has 0 amide bonds. The zero-order valence-electron chi connectivity index (χ0n) is 9.06. The minimum atomic E-state index is 0.263. The molecule has 0 unspecified atom stereocenters. The van der Waals surface area contributed by atoms with Crippen molar-refractivity contribution in [2.75, 3.05) is 30.8 Å². The Hall–Kier alpha value is -1.36. The van der Waals surface area contributed by atoms with E-state index in [0.29, 0.717) is 5.69 Å². The van der Waals surface area contributed by atoms with E-state index in [1.54, 1.807) is 6.20 Å². The normalized spacial score (nSPS) is 10.3. The van der Waals surface area contributed by atoms with Gasteiger partial charge in [0.2, 0.25) is 0 Å². The molecule has 0 spiro atoms. The molecule has 3 N–H and O–H groups in total. The van der Waals surface area contributed by atoms with Crippen molar-refractivity contribution in [3.05, 3.63) is 12.5 Å². The van der Waals surface area contributed by atoms with Crippen LogP contribution in [0.15, 0.2) is 12.5 Å². The highest BCUT2D eigenvalue weighted by atomic mass is 16.2. The van der Waals surface area contributed by atoms with Crippen molar-refractivity contribution in [3.8, 4) is 0 Å². The van der Waals surface area contributed by atoms with Crippen LogP contribution in [0.3, 0.4) is 0 Å². The Labute approximate surface area is 90.0 Å². The van der Waals surface area contributed by atoms with Crippen LogP contribution in [-0.2, 0) is 0 Å². The monoisotopic (exact) mass is 210 g/mol. The number of hydrogen-bond donors (Lipinski definition) is 2. The number of nitrogen functional groups attached to an aromatic ring is 1. The van der Waals surface area contributed by atoms with Crippen molar-refractivity contribution < 1.29 is 5.11 Å². The average Bonchev–Trinajstić information content (AvgIpc) is 2.25. The van der Waals surface area contributed by atoms with Gasteiger partial charge in [-0.3, -0.25) is 0 Å². The molecule has 1 aromatic rings. The Balaban J connectivity index is 2.40. The number of rotatable bonds is 6. The third-order valence-electron chi connectivity index (χ3n) is 2.23. The summed E-state index contributed by atoms with van der Waals surface area (Å²) in [6, 6.07) is 0. The summed E-state index contributed by atoms with van der Waals surface area (Å²) in [5.41, 5.74) is 6.34. The molecule has 84 valence electrons. The van der Waals surface area contributed by atoms with Crippen LogP contribution in [0.2, 0.25) is 0 Å². The maximum atomic E-state index is 8.64. The topological polar surface area (TPSA) is 75.3 Å². The van der Waals surface area contributed by atoms with E-state index in [4.69, 9.17) is 10.8 Å². The van der Waals surface area contributed by atoms with Crippen LogP contribution in [0.1, 0.15) is 19.3 Å². The van der Waals surface area contributed by atoms with Crippen LogP contribution < -0.4 is 10.6 Å². The van der Waals surface area contributed by atoms with Crippen LogP contribution in [0.25, 0.3) is 0 Å². The fourth-order valence-electron chi connectivity index (χ4n) is 1.40. The van der Waals surface area contributed by atoms with Crippen LogP contribution in [0.5, 0.6) is 0 Å². The Morgan fingerprint density at radius 1 is 1.40 bits per heavy atom. The molecule has 0 fully saturated rings. The van der Waals surface area contributed by atoms with E-state index in [2.05, 4.69) is 9.97 Å². The molecule has 1 aromatic heterocycles. The van der Waals surface area contributed by atoms with Gasteiger partial charge in [0.15, 0.2) is 5.82 Å². The van der Waals surface area contributed by atoms with E-state index in [1.807, 2.05) is 11.9 Å². The quantitative estimate of drug-likeness (QED) is 0.674. The Morgan fingerprint density at radius 2 is 2.20 bits per heavy atom. The predicted octanol–water partition coefficient (Wildman–Crippen LogP) is 0.658. The van der Waals surface area contributed by atoms with Gasteiger partial charge in [-0.25, -0.2) is 9.97 Å². The van der Waals surface area contributed by atoms with Crippen LogP contribution in [0.4, 0.5) is 11.5 Å². The standard InChI is InChI=1S/C10H18N4O/c1-14(5-3-2-4-6-15)10-9(11)7-12-8-13-10/h7-8,15H,2-6,11H2,1H3. The number of aromatic nitrogens is 2. The minimum absolute atomic E-state index is 0.263. The summed E-state index contributed by atoms with van der Waals surface area (Å²) >= 11 is 0. The number of unbranched alkanes of at least 4 members (excludes halogenated alkanes) is 2. The van der Waals surface area contributed by atoms with Gasteiger partial charge in [0.05, 0.1) is 11.9 Å². The number of aliphatic hydroxyl groups is 1. The lowest BCUT2D eigenvalue weighted by molar-refractivity contribution is 0.283. The molecule has 5 heteroatoms. The van der Waals surface area contributed by atoms with E-state index in [-0.39, 0.29) is 6.61 Å². The molecule has 0 aliphatic heterocycles. The Kier molecular flexibility index (Phi) is 4.83. The Bertz CT molecular complexity index is 293. The van der Waals surface area contributed by atoms with Gasteiger partial charge in [-0.05, 0) is 19.3 Å². The average molecular weight is 210 g/mol. The van der Waals surface area contributed by atoms with Gasteiger partial charge in [0, 0.05) is 20.2 Å². The number of aliphatic hydroxyl groups excluding tert-OH is 1. The summed E-state index contributed by atoms with van der Waals surface area (Å²) in [7, 11) is 1.96. The molecule has 0 bridgehead atoms. The predicted molar refractivity (Wildman–Crippen MR) is 60.7 cm³/mol. The van der Waals surface area contributed by atoms with Crippen molar-refractivity contribution in [1.29, 1.82) is 0 Å². The highest BCUT2D eigenvalue weighted by molar-refractivity contribution is 5.60. The second-order valence-corrected chi connectivity index (χ2v) is 3.51. The smallest absolute Gasteiger partial charge is 0.154 e. The van der Waals surface area contributed by atoms with Gasteiger partial charge in [-0.15, -0.1) is 0 Å². The minimum Gasteiger partial charge on any atom is -0.396 e. The largest absolute Gasteiger partial charge is 0.396 e. The number of hydrogen-bond acceptors (Lipinski definition) is 5. The second kappa shape index (κ2) is 6.19. The van der Waals surface area contributed by atoms with Crippen molar-refractivity contribution in [1.82, 2.24) is 9.97 Å². The number of nitrogens with two attached hydrogens (primary N) is 1. The lowest BCUT2D eigenvalue weighted by Crippen LogP contribution is -2.21. The summed E-state index contributed by atoms with van der Waals surface area (Å²) in [5.74, 6) is 0.772. The molecule has 0 aliphatic rings. The summed E-state index contributed by atoms with van der Waals surface area (Å²) in [6.45, 7) is 1.15. The van der Waals surface area contributed by atoms with E-state index in [9.17, 15) is 0 Å². The Morgan fingerprint density at radius 3 is 2.87 bits per heavy atom. The second-order valence-electron chi connectivity index (χ2n) is 3.51. The fraction of sp³-hybridized carbons (Fsp3) is 0.600. The number of anilines is 2. The van der Waals surface area contributed by atoms with Crippen LogP contribution in [-0.4, -0.2) is 35.3 Å². The lowest BCUT2D eigenvalue weighted by Gasteiger charge is -2.18. The summed E-state index contributed by atoms with van der Waals surface area (Å²) in [6.07, 6.45) is 6.00. The molecular formula is C10H18N4O. The van der Waals surface area contributed by atoms with E-state index in [0.717, 1.165) is 31.6 Å². The maximum absolute atomic E-state index is 8.64. The van der Waals surface area contributed by atoms with E-state index in [1.165, 1.54) is 6.33 Å². The van der Waals surface area contributed by atoms with Gasteiger partial charge in [0.25, 0.3) is 0 Å². The first-order valence-corrected chi connectivity index (χ1v) is 5.13. The van der Waals surface area contributed by atoms with E-state index >= 15 is 0 Å². The first kappa shape index (κ1) is 11.7. The molecule has 1 heterocycles. The molecule has 15 heavy (non-hydrogen) atoms. The van der Waals surface area contributed by atoms with Gasteiger partial charge in [-0.1, -0.05) is 0 Å². The maximum Gasteiger partial charge on any atom is 0.154 e. The summed E-state index contributed by atoms with van der Waals surface area (Å²) in [4.78, 5) is 9.97. The van der Waals surface area contributed by atoms with Crippen molar-refractivity contribution in [2.24, 2.45) is 0 Å². The molecule has 1 rings (SSSR count). The van der Waals surface area contributed by atoms with Crippen LogP contribution in [0, 0.1) is 0 Å². The zero-order valence-corrected chi connectivity index (χ0v) is 9.06. The van der Waals surface area contributed by atoms with Crippen molar-refractivity contribution in [3.63, 3.8) is 0 Å². The highest BCUT2D eigenvalue weighted by Crippen LogP contribution is 2.16. The summed E-state index contributed by atoms with van der Waals surface area (Å²) in [5, 5.41) is 8.64. The van der Waals surface area contributed by atoms with Crippen LogP contribution >= 0.6 is 0 Å². The molecular weight excluding hydrogens is 192 g/mol. The summed E-state index contributed by atoms with van der Waals surface area (Å²) < 4.78 is 0. The molecule has 5 nitrogen and oxygen atoms in total. The van der Waals surface area contributed by atoms with E-state index < -0.39 is 0 Å². The van der Waals surface area contributed by atoms with Gasteiger partial charge < -0.3 is 15.7 Å². The number of nitrogens with zero attached hydrogens (tertiary/aromatic N) is 3. The molecule has 0 saturated heterocycles. The van der Waals surface area contributed by atoms with Gasteiger partial charge >= 0.3 is 0 Å². The van der Waals surface area contributed by atoms with Gasteiger partial charge in [0.1, 0.15) is 6.33 Å². The lowest BCUT2D eigenvalue weighted by atomic mass is 10.2. The fourth-order valence-corrected chi connectivity index (χ4v) is 1.40.